The summed E-state index contributed by atoms with van der Waals surface area (Å²) in [5.74, 6) is -2.20. The van der Waals surface area contributed by atoms with Crippen LogP contribution in [0.15, 0.2) is 0 Å². The lowest BCUT2D eigenvalue weighted by Crippen LogP contribution is -2.55. The summed E-state index contributed by atoms with van der Waals surface area (Å²) in [5, 5.41) is 1.36. The third-order valence-electron chi connectivity index (χ3n) is 2.35. The van der Waals surface area contributed by atoms with Crippen LogP contribution in [-0.2, 0) is 19.2 Å². The number of carbonyl (C=O) groups is 4. The van der Waals surface area contributed by atoms with Crippen molar-refractivity contribution < 1.29 is 19.2 Å². The molecule has 0 aromatic rings. The molecule has 0 aromatic carbocycles. The number of hydrazine groups is 1. The Morgan fingerprint density at radius 1 is 0.556 bits per heavy atom. The first-order chi connectivity index (χ1) is 8.44. The van der Waals surface area contributed by atoms with Crippen LogP contribution in [0.25, 0.3) is 0 Å². The Hall–Kier alpha value is -1.72. The quantitative estimate of drug-likeness (QED) is 0.709. The lowest BCUT2D eigenvalue weighted by atomic mass is 10.3. The van der Waals surface area contributed by atoms with Crippen molar-refractivity contribution in [2.75, 3.05) is 0 Å². The molecule has 6 heteroatoms. The van der Waals surface area contributed by atoms with Crippen molar-refractivity contribution in [1.82, 2.24) is 10.0 Å². The monoisotopic (exact) mass is 256 g/mol. The molecule has 0 aliphatic rings. The summed E-state index contributed by atoms with van der Waals surface area (Å²) in [6.45, 7) is 6.29. The molecule has 0 fully saturated rings. The van der Waals surface area contributed by atoms with Crippen LogP contribution in [0, 0.1) is 0 Å². The Kier molecular flexibility index (Phi) is 6.85. The maximum atomic E-state index is 11.8. The summed E-state index contributed by atoms with van der Waals surface area (Å²) >= 11 is 0. The molecule has 0 heterocycles. The average molecular weight is 256 g/mol. The first-order valence-corrected chi connectivity index (χ1v) is 6.15. The van der Waals surface area contributed by atoms with Gasteiger partial charge >= 0.3 is 0 Å². The van der Waals surface area contributed by atoms with Gasteiger partial charge in [0.15, 0.2) is 0 Å². The van der Waals surface area contributed by atoms with Crippen molar-refractivity contribution in [1.29, 1.82) is 0 Å². The van der Waals surface area contributed by atoms with Crippen molar-refractivity contribution >= 4 is 23.6 Å². The Morgan fingerprint density at radius 3 is 0.833 bits per heavy atom. The molecule has 0 aliphatic heterocycles. The van der Waals surface area contributed by atoms with E-state index in [9.17, 15) is 19.2 Å². The molecule has 4 amide bonds. The maximum absolute atomic E-state index is 11.8. The lowest BCUT2D eigenvalue weighted by molar-refractivity contribution is -0.179. The van der Waals surface area contributed by atoms with Crippen LogP contribution in [0.4, 0.5) is 0 Å². The molecule has 0 rings (SSSR count). The van der Waals surface area contributed by atoms with Gasteiger partial charge < -0.3 is 0 Å². The van der Waals surface area contributed by atoms with Crippen molar-refractivity contribution in [3.05, 3.63) is 0 Å². The molecule has 6 nitrogen and oxygen atoms in total. The molecule has 0 radical (unpaired) electrons. The number of hydrogen-bond donors (Lipinski definition) is 0. The fraction of sp³-hybridized carbons (Fsp3) is 0.667. The van der Waals surface area contributed by atoms with Crippen LogP contribution < -0.4 is 0 Å². The molecule has 0 aliphatic carbocycles. The van der Waals surface area contributed by atoms with E-state index in [1.807, 2.05) is 0 Å². The molecular formula is C12H20N2O4. The summed E-state index contributed by atoms with van der Waals surface area (Å²) in [7, 11) is 0. The summed E-state index contributed by atoms with van der Waals surface area (Å²) in [6.07, 6.45) is 0.207. The molecule has 0 saturated carbocycles. The number of carbonyl (C=O) groups excluding carboxylic acids is 4. The predicted octanol–water partition coefficient (Wildman–Crippen LogP) is 1.25. The predicted molar refractivity (Wildman–Crippen MR) is 64.9 cm³/mol. The van der Waals surface area contributed by atoms with Crippen LogP contribution >= 0.6 is 0 Å². The summed E-state index contributed by atoms with van der Waals surface area (Å²) < 4.78 is 0. The molecule has 18 heavy (non-hydrogen) atoms. The average Bonchev–Trinajstić information content (AvgIpc) is 2.41. The van der Waals surface area contributed by atoms with Gasteiger partial charge in [0, 0.05) is 25.7 Å². The Morgan fingerprint density at radius 2 is 0.722 bits per heavy atom. The minimum atomic E-state index is -0.551. The summed E-state index contributed by atoms with van der Waals surface area (Å²) in [4.78, 5) is 47.0. The van der Waals surface area contributed by atoms with Crippen LogP contribution in [0.1, 0.15) is 53.4 Å². The van der Waals surface area contributed by atoms with E-state index in [-0.39, 0.29) is 25.7 Å². The van der Waals surface area contributed by atoms with E-state index in [1.54, 1.807) is 27.7 Å². The Bertz CT molecular complexity index is 286. The first kappa shape index (κ1) is 16.3. The zero-order valence-electron chi connectivity index (χ0n) is 11.4. The van der Waals surface area contributed by atoms with E-state index in [1.165, 1.54) is 0 Å². The van der Waals surface area contributed by atoms with E-state index in [0.29, 0.717) is 10.0 Å². The number of hydrogen-bond acceptors (Lipinski definition) is 4. The minimum absolute atomic E-state index is 0.0518. The zero-order valence-corrected chi connectivity index (χ0v) is 11.4. The van der Waals surface area contributed by atoms with Crippen LogP contribution in [0.2, 0.25) is 0 Å². The van der Waals surface area contributed by atoms with Gasteiger partial charge in [-0.2, -0.15) is 10.0 Å². The fourth-order valence-electron chi connectivity index (χ4n) is 1.32. The highest BCUT2D eigenvalue weighted by atomic mass is 16.2. The smallest absolute Gasteiger partial charge is 0.248 e. The van der Waals surface area contributed by atoms with Crippen LogP contribution in [-0.4, -0.2) is 33.6 Å². The fourth-order valence-corrected chi connectivity index (χ4v) is 1.32. The number of amides is 4. The first-order valence-electron chi connectivity index (χ1n) is 6.15. The zero-order chi connectivity index (χ0) is 14.3. The van der Waals surface area contributed by atoms with Crippen molar-refractivity contribution in [2.24, 2.45) is 0 Å². The lowest BCUT2D eigenvalue weighted by Gasteiger charge is -2.30. The highest BCUT2D eigenvalue weighted by Crippen LogP contribution is 2.09. The minimum Gasteiger partial charge on any atom is -0.273 e. The van der Waals surface area contributed by atoms with E-state index in [0.717, 1.165) is 0 Å². The molecule has 0 bridgehead atoms. The van der Waals surface area contributed by atoms with Crippen molar-refractivity contribution in [2.45, 2.75) is 53.4 Å². The van der Waals surface area contributed by atoms with Gasteiger partial charge in [-0.05, 0) is 0 Å². The molecule has 102 valence electrons. The van der Waals surface area contributed by atoms with E-state index in [2.05, 4.69) is 0 Å². The number of nitrogens with zero attached hydrogens (tertiary/aromatic N) is 2. The second-order valence-electron chi connectivity index (χ2n) is 3.61. The van der Waals surface area contributed by atoms with Gasteiger partial charge in [0.05, 0.1) is 0 Å². The second-order valence-corrected chi connectivity index (χ2v) is 3.61. The van der Waals surface area contributed by atoms with Gasteiger partial charge in [0.2, 0.25) is 23.6 Å². The topological polar surface area (TPSA) is 74.8 Å². The number of rotatable bonds is 4. The molecular weight excluding hydrogens is 236 g/mol. The molecule has 0 N–H and O–H groups in total. The summed E-state index contributed by atoms with van der Waals surface area (Å²) in [6, 6.07) is 0. The molecule has 0 atom stereocenters. The van der Waals surface area contributed by atoms with Gasteiger partial charge in [-0.15, -0.1) is 0 Å². The largest absolute Gasteiger partial charge is 0.273 e. The number of imide groups is 2. The SMILES string of the molecule is CCC(=O)N(C(=O)CC)N(C(=O)CC)C(=O)CC. The van der Waals surface area contributed by atoms with E-state index in [4.69, 9.17) is 0 Å². The van der Waals surface area contributed by atoms with Gasteiger partial charge in [-0.3, -0.25) is 19.2 Å². The standard InChI is InChI=1S/C12H20N2O4/c1-5-9(15)13(10(16)6-2)14(11(17)7-3)12(18)8-4/h5-8H2,1-4H3. The van der Waals surface area contributed by atoms with E-state index < -0.39 is 23.6 Å². The molecule has 0 aromatic heterocycles. The maximum Gasteiger partial charge on any atom is 0.248 e. The molecule has 0 unspecified atom stereocenters. The molecule has 0 spiro atoms. The van der Waals surface area contributed by atoms with Gasteiger partial charge in [-0.25, -0.2) is 0 Å². The van der Waals surface area contributed by atoms with Gasteiger partial charge in [-0.1, -0.05) is 27.7 Å². The van der Waals surface area contributed by atoms with Crippen molar-refractivity contribution in [3.63, 3.8) is 0 Å². The highest BCUT2D eigenvalue weighted by molar-refractivity contribution is 6.03. The van der Waals surface area contributed by atoms with Gasteiger partial charge in [0.25, 0.3) is 0 Å². The highest BCUT2D eigenvalue weighted by Gasteiger charge is 2.33. The second kappa shape index (κ2) is 7.58. The normalized spacial score (nSPS) is 9.78. The van der Waals surface area contributed by atoms with Gasteiger partial charge in [0.1, 0.15) is 0 Å². The summed E-state index contributed by atoms with van der Waals surface area (Å²) in [5.41, 5.74) is 0. The van der Waals surface area contributed by atoms with Crippen LogP contribution in [0.3, 0.4) is 0 Å². The Labute approximate surface area is 107 Å². The third kappa shape index (κ3) is 3.65. The van der Waals surface area contributed by atoms with Crippen molar-refractivity contribution in [3.8, 4) is 0 Å². The Balaban J connectivity index is 5.47. The molecule has 0 saturated heterocycles. The van der Waals surface area contributed by atoms with E-state index >= 15 is 0 Å². The van der Waals surface area contributed by atoms with Crippen LogP contribution in [0.5, 0.6) is 0 Å². The third-order valence-corrected chi connectivity index (χ3v) is 2.35.